The fourth-order valence-corrected chi connectivity index (χ4v) is 8.37. The highest BCUT2D eigenvalue weighted by Crippen LogP contribution is 2.38. The molecule has 0 radical (unpaired) electrons. The first kappa shape index (κ1) is 37.7. The third-order valence-corrected chi connectivity index (χ3v) is 11.3. The summed E-state index contributed by atoms with van der Waals surface area (Å²) >= 11 is 13.6. The van der Waals surface area contributed by atoms with Crippen LogP contribution in [0.2, 0.25) is 10.0 Å². The molecule has 2 saturated heterocycles. The van der Waals surface area contributed by atoms with Gasteiger partial charge in [0.25, 0.3) is 5.91 Å². The quantitative estimate of drug-likeness (QED) is 0.203. The number of amides is 1. The Morgan fingerprint density at radius 2 is 1.63 bits per heavy atom. The molecular formula is C38H48Cl2FN5O5. The van der Waals surface area contributed by atoms with Crippen LogP contribution in [-0.2, 0) is 32.5 Å². The van der Waals surface area contributed by atoms with Gasteiger partial charge in [0.05, 0.1) is 34.9 Å². The number of halogens is 3. The average Bonchev–Trinajstić information content (AvgIpc) is 3.79. The molecule has 3 aliphatic rings. The molecule has 0 bridgehead atoms. The number of ketones is 1. The zero-order valence-electron chi connectivity index (χ0n) is 29.5. The number of Topliss-reactive ketones (excluding diaryl/α,β-unsaturated/α-hetero) is 1. The van der Waals surface area contributed by atoms with E-state index in [-0.39, 0.29) is 41.1 Å². The number of anilines is 1. The third kappa shape index (κ3) is 8.14. The Bertz CT molecular complexity index is 1720. The molecule has 2 aliphatic heterocycles. The molecule has 2 aromatic carbocycles. The Hall–Kier alpha value is -3.06. The van der Waals surface area contributed by atoms with Crippen molar-refractivity contribution in [1.29, 1.82) is 0 Å². The second kappa shape index (κ2) is 16.7. The van der Waals surface area contributed by atoms with Crippen LogP contribution in [0.3, 0.4) is 0 Å². The summed E-state index contributed by atoms with van der Waals surface area (Å²) in [6, 6.07) is 10.9. The van der Waals surface area contributed by atoms with Gasteiger partial charge in [-0.25, -0.2) is 4.39 Å². The molecule has 1 N–H and O–H groups in total. The summed E-state index contributed by atoms with van der Waals surface area (Å²) in [6.45, 7) is 5.79. The van der Waals surface area contributed by atoms with Crippen molar-refractivity contribution in [2.75, 3.05) is 64.4 Å². The van der Waals surface area contributed by atoms with E-state index in [0.717, 1.165) is 23.7 Å². The number of nitrogens with zero attached hydrogens (tertiary/aromatic N) is 4. The van der Waals surface area contributed by atoms with Gasteiger partial charge in [-0.15, -0.1) is 0 Å². The summed E-state index contributed by atoms with van der Waals surface area (Å²) in [5.41, 5.74) is 2.32. The third-order valence-electron chi connectivity index (χ3n) is 10.6. The smallest absolute Gasteiger partial charge is 0.308 e. The summed E-state index contributed by atoms with van der Waals surface area (Å²) < 4.78 is 27.5. The van der Waals surface area contributed by atoms with Crippen molar-refractivity contribution in [3.63, 3.8) is 0 Å². The molecule has 6 rings (SSSR count). The van der Waals surface area contributed by atoms with Gasteiger partial charge < -0.3 is 19.4 Å². The molecule has 1 atom stereocenters. The van der Waals surface area contributed by atoms with Gasteiger partial charge in [-0.05, 0) is 69.2 Å². The Labute approximate surface area is 309 Å². The second-order valence-corrected chi connectivity index (χ2v) is 14.6. The lowest BCUT2D eigenvalue weighted by molar-refractivity contribution is -0.260. The maximum atomic E-state index is 15.0. The molecule has 1 saturated carbocycles. The molecular weight excluding hydrogens is 696 g/mol. The number of fused-ring (bicyclic) bond motifs is 1. The van der Waals surface area contributed by atoms with Crippen LogP contribution in [0.5, 0.6) is 0 Å². The molecule has 276 valence electrons. The zero-order chi connectivity index (χ0) is 36.1. The molecule has 1 aromatic heterocycles. The van der Waals surface area contributed by atoms with Gasteiger partial charge in [0.15, 0.2) is 5.78 Å². The van der Waals surface area contributed by atoms with Crippen LogP contribution in [0.15, 0.2) is 42.6 Å². The normalized spacial score (nSPS) is 21.8. The minimum Gasteiger partial charge on any atom is -0.466 e. The zero-order valence-corrected chi connectivity index (χ0v) is 31.0. The van der Waals surface area contributed by atoms with Crippen LogP contribution >= 0.6 is 23.2 Å². The molecule has 10 nitrogen and oxygen atoms in total. The number of aryl methyl sites for hydroxylation is 1. The Kier molecular flexibility index (Phi) is 12.4. The first-order chi connectivity index (χ1) is 24.6. The largest absolute Gasteiger partial charge is 0.466 e. The maximum absolute atomic E-state index is 15.0. The summed E-state index contributed by atoms with van der Waals surface area (Å²) in [5.74, 6) is -2.19. The van der Waals surface area contributed by atoms with E-state index in [1.54, 1.807) is 18.3 Å². The number of carbonyl (C=O) groups excluding carboxylic acids is 3. The number of hydrogen-bond donors (Lipinski definition) is 1. The minimum atomic E-state index is -1.36. The number of piperazine rings is 1. The first-order valence-corrected chi connectivity index (χ1v) is 18.9. The molecule has 51 heavy (non-hydrogen) atoms. The lowest BCUT2D eigenvalue weighted by Crippen LogP contribution is -2.70. The van der Waals surface area contributed by atoms with Gasteiger partial charge >= 0.3 is 5.97 Å². The molecule has 1 amide bonds. The van der Waals surface area contributed by atoms with Crippen molar-refractivity contribution < 1.29 is 28.2 Å². The van der Waals surface area contributed by atoms with E-state index in [1.165, 1.54) is 0 Å². The highest BCUT2D eigenvalue weighted by atomic mass is 35.5. The van der Waals surface area contributed by atoms with E-state index in [2.05, 4.69) is 20.0 Å². The summed E-state index contributed by atoms with van der Waals surface area (Å²) in [6.07, 6.45) is 5.89. The SMILES string of the molecule is CCOC(=O)[C@H]1CC[C@H](OC(C(=O)Cc2cc(Cl)c(NC(=O)c3cn(C)c4ccccc34)cc2Cl)(N2CCCC2)N2CCN(CCF)CC2)CC1. The van der Waals surface area contributed by atoms with Crippen LogP contribution in [-0.4, -0.2) is 108 Å². The number of ether oxygens (including phenoxy) is 2. The summed E-state index contributed by atoms with van der Waals surface area (Å²) in [4.78, 5) is 47.2. The number of rotatable bonds is 13. The topological polar surface area (TPSA) is 96.3 Å². The summed E-state index contributed by atoms with van der Waals surface area (Å²) in [5, 5.41) is 4.30. The van der Waals surface area contributed by atoms with E-state index in [9.17, 15) is 18.8 Å². The fourth-order valence-electron chi connectivity index (χ4n) is 7.91. The number of carbonyl (C=O) groups is 3. The molecule has 3 aromatic rings. The Morgan fingerprint density at radius 1 is 0.941 bits per heavy atom. The van der Waals surface area contributed by atoms with Crippen molar-refractivity contribution in [1.82, 2.24) is 19.3 Å². The predicted octanol–water partition coefficient (Wildman–Crippen LogP) is 6.32. The molecule has 1 unspecified atom stereocenters. The number of para-hydroxylation sites is 1. The monoisotopic (exact) mass is 743 g/mol. The highest BCUT2D eigenvalue weighted by molar-refractivity contribution is 6.36. The van der Waals surface area contributed by atoms with Crippen molar-refractivity contribution >= 4 is 57.5 Å². The van der Waals surface area contributed by atoms with Crippen LogP contribution < -0.4 is 5.32 Å². The number of hydrogen-bond acceptors (Lipinski definition) is 8. The van der Waals surface area contributed by atoms with Crippen molar-refractivity contribution in [3.05, 3.63) is 63.8 Å². The number of aromatic nitrogens is 1. The standard InChI is InChI=1S/C38H48Cl2FN5O5/c1-3-50-37(49)26-10-12-28(13-11-26)51-38(45-15-6-7-16-45,46-20-18-44(17-14-41)19-21-46)35(47)23-27-22-32(40)33(24-31(27)39)42-36(48)30-25-43(2)34-9-5-4-8-29(30)34/h4-5,8-9,22,24-26,28H,3,6-7,10-21,23H2,1-2H3,(H,42,48)/t26-,28-,38?. The van der Waals surface area contributed by atoms with E-state index in [4.69, 9.17) is 32.7 Å². The van der Waals surface area contributed by atoms with E-state index < -0.39 is 12.5 Å². The van der Waals surface area contributed by atoms with Crippen molar-refractivity contribution in [3.8, 4) is 0 Å². The Morgan fingerprint density at radius 3 is 2.31 bits per heavy atom. The van der Waals surface area contributed by atoms with Crippen molar-refractivity contribution in [2.45, 2.75) is 63.8 Å². The van der Waals surface area contributed by atoms with Gasteiger partial charge in [0.1, 0.15) is 6.67 Å². The van der Waals surface area contributed by atoms with Gasteiger partial charge in [-0.1, -0.05) is 41.4 Å². The number of esters is 1. The summed E-state index contributed by atoms with van der Waals surface area (Å²) in [7, 11) is 1.89. The van der Waals surface area contributed by atoms with E-state index >= 15 is 0 Å². The van der Waals surface area contributed by atoms with Crippen molar-refractivity contribution in [2.24, 2.45) is 13.0 Å². The van der Waals surface area contributed by atoms with Gasteiger partial charge in [-0.3, -0.25) is 29.1 Å². The van der Waals surface area contributed by atoms with Crippen LogP contribution in [0.4, 0.5) is 10.1 Å². The fraction of sp³-hybridized carbons (Fsp3) is 0.553. The average molecular weight is 745 g/mol. The van der Waals surface area contributed by atoms with Gasteiger partial charge in [-0.2, -0.15) is 0 Å². The lowest BCUT2D eigenvalue weighted by Gasteiger charge is -2.52. The molecule has 0 spiro atoms. The highest BCUT2D eigenvalue weighted by Gasteiger charge is 2.53. The van der Waals surface area contributed by atoms with Crippen LogP contribution in [0.1, 0.15) is 61.4 Å². The Balaban J connectivity index is 1.26. The lowest BCUT2D eigenvalue weighted by atomic mass is 9.87. The van der Waals surface area contributed by atoms with Gasteiger partial charge in [0, 0.05) is 81.4 Å². The maximum Gasteiger partial charge on any atom is 0.308 e. The molecule has 13 heteroatoms. The predicted molar refractivity (Wildman–Crippen MR) is 197 cm³/mol. The molecule has 1 aliphatic carbocycles. The molecule has 3 fully saturated rings. The second-order valence-electron chi connectivity index (χ2n) is 13.8. The number of alkyl halides is 1. The number of likely N-dealkylation sites (tertiary alicyclic amines) is 1. The van der Waals surface area contributed by atoms with E-state index in [0.29, 0.717) is 99.9 Å². The minimum absolute atomic E-state index is 0.0462. The number of nitrogens with one attached hydrogen (secondary N) is 1. The number of benzene rings is 2. The van der Waals surface area contributed by atoms with Crippen LogP contribution in [0.25, 0.3) is 10.9 Å². The van der Waals surface area contributed by atoms with Crippen LogP contribution in [0, 0.1) is 5.92 Å². The first-order valence-electron chi connectivity index (χ1n) is 18.1. The van der Waals surface area contributed by atoms with E-state index in [1.807, 2.05) is 42.8 Å². The molecule has 3 heterocycles. The van der Waals surface area contributed by atoms with Gasteiger partial charge in [0.2, 0.25) is 5.85 Å².